The molecule has 6 rings (SSSR count). The highest BCUT2D eigenvalue weighted by Gasteiger charge is 2.31. The number of carbonyl (C=O) groups is 1. The zero-order valence-corrected chi connectivity index (χ0v) is 22.4. The van der Waals surface area contributed by atoms with Gasteiger partial charge in [-0.15, -0.1) is 0 Å². The molecule has 11 heteroatoms. The van der Waals surface area contributed by atoms with E-state index >= 15 is 0 Å². The molecule has 2 aromatic carbocycles. The Bertz CT molecular complexity index is 1720. The summed E-state index contributed by atoms with van der Waals surface area (Å²) >= 11 is 0. The van der Waals surface area contributed by atoms with Gasteiger partial charge in [-0.25, -0.2) is 9.97 Å². The molecule has 0 bridgehead atoms. The SMILES string of the molecule is Cc1ccc(C(=O)Nc2cc(-n3cnc(CCN4CCCC4)c3)cc(C(F)(F)F)c2)cc1-c1cnc2cnccn12. The minimum absolute atomic E-state index is 0.0372. The lowest BCUT2D eigenvalue weighted by atomic mass is 10.0. The minimum atomic E-state index is -4.59. The second kappa shape index (κ2) is 10.8. The summed E-state index contributed by atoms with van der Waals surface area (Å²) in [6.07, 6.45) is 8.52. The Hall–Kier alpha value is -4.51. The molecule has 0 aliphatic carbocycles. The van der Waals surface area contributed by atoms with Crippen LogP contribution in [0.1, 0.15) is 40.0 Å². The highest BCUT2D eigenvalue weighted by molar-refractivity contribution is 6.05. The lowest BCUT2D eigenvalue weighted by molar-refractivity contribution is -0.137. The normalized spacial score (nSPS) is 14.1. The number of likely N-dealkylation sites (tertiary alicyclic amines) is 1. The van der Waals surface area contributed by atoms with Crippen LogP contribution in [0.4, 0.5) is 18.9 Å². The number of anilines is 1. The zero-order chi connectivity index (χ0) is 28.6. The highest BCUT2D eigenvalue weighted by atomic mass is 19.4. The van der Waals surface area contributed by atoms with Crippen LogP contribution in [0.2, 0.25) is 0 Å². The van der Waals surface area contributed by atoms with Crippen LogP contribution < -0.4 is 5.32 Å². The van der Waals surface area contributed by atoms with E-state index < -0.39 is 17.6 Å². The fourth-order valence-electron chi connectivity index (χ4n) is 5.19. The average molecular weight is 560 g/mol. The molecule has 8 nitrogen and oxygen atoms in total. The van der Waals surface area contributed by atoms with Gasteiger partial charge in [0, 0.05) is 54.1 Å². The summed E-state index contributed by atoms with van der Waals surface area (Å²) in [6.45, 7) is 4.92. The second-order valence-electron chi connectivity index (χ2n) is 10.3. The number of nitrogens with zero attached hydrogens (tertiary/aromatic N) is 6. The number of imidazole rings is 2. The fourth-order valence-corrected chi connectivity index (χ4v) is 5.19. The number of aryl methyl sites for hydroxylation is 1. The van der Waals surface area contributed by atoms with Gasteiger partial charge in [0.2, 0.25) is 0 Å². The van der Waals surface area contributed by atoms with Gasteiger partial charge in [-0.05, 0) is 68.8 Å². The molecule has 41 heavy (non-hydrogen) atoms. The van der Waals surface area contributed by atoms with Crippen molar-refractivity contribution >= 4 is 17.2 Å². The Balaban J connectivity index is 1.27. The van der Waals surface area contributed by atoms with Crippen LogP contribution in [-0.2, 0) is 12.6 Å². The van der Waals surface area contributed by atoms with Crippen LogP contribution >= 0.6 is 0 Å². The van der Waals surface area contributed by atoms with Crippen LogP contribution in [0.5, 0.6) is 0 Å². The first-order valence-electron chi connectivity index (χ1n) is 13.4. The van der Waals surface area contributed by atoms with E-state index in [9.17, 15) is 18.0 Å². The van der Waals surface area contributed by atoms with Gasteiger partial charge in [0.25, 0.3) is 5.91 Å². The quantitative estimate of drug-likeness (QED) is 0.273. The maximum atomic E-state index is 13.8. The first kappa shape index (κ1) is 26.7. The standard InChI is InChI=1S/C30H28F3N7O/c1-20-4-5-21(12-26(20)27-16-35-28-17-34-7-11-40(27)28)29(41)37-24-13-22(30(31,32)33)14-25(15-24)39-18-23(36-19-39)6-10-38-8-2-3-9-38/h4-5,7,11-19H,2-3,6,8-10H2,1H3,(H,37,41). The molecule has 1 aliphatic rings. The number of nitrogens with one attached hydrogen (secondary N) is 1. The first-order valence-corrected chi connectivity index (χ1v) is 13.4. The molecule has 1 saturated heterocycles. The maximum Gasteiger partial charge on any atom is 0.416 e. The van der Waals surface area contributed by atoms with Crippen molar-refractivity contribution in [3.8, 4) is 16.9 Å². The van der Waals surface area contributed by atoms with Crippen LogP contribution in [0.3, 0.4) is 0 Å². The van der Waals surface area contributed by atoms with Gasteiger partial charge in [-0.3, -0.25) is 14.2 Å². The van der Waals surface area contributed by atoms with E-state index in [1.165, 1.54) is 25.2 Å². The molecule has 0 saturated carbocycles. The number of hydrogen-bond acceptors (Lipinski definition) is 5. The Kier molecular flexibility index (Phi) is 7.04. The van der Waals surface area contributed by atoms with E-state index in [2.05, 4.69) is 25.2 Å². The zero-order valence-electron chi connectivity index (χ0n) is 22.4. The van der Waals surface area contributed by atoms with Crippen LogP contribution in [0.25, 0.3) is 22.6 Å². The predicted molar refractivity (Wildman–Crippen MR) is 149 cm³/mol. The van der Waals surface area contributed by atoms with Gasteiger partial charge in [0.15, 0.2) is 5.65 Å². The molecule has 1 fully saturated rings. The van der Waals surface area contributed by atoms with Crippen LogP contribution in [0, 0.1) is 6.92 Å². The molecule has 0 unspecified atom stereocenters. The summed E-state index contributed by atoms with van der Waals surface area (Å²) in [6, 6.07) is 8.69. The number of aromatic nitrogens is 5. The van der Waals surface area contributed by atoms with E-state index in [0.29, 0.717) is 17.6 Å². The molecule has 1 aliphatic heterocycles. The van der Waals surface area contributed by atoms with Crippen molar-refractivity contribution in [1.29, 1.82) is 0 Å². The molecule has 1 N–H and O–H groups in total. The number of halogens is 3. The van der Waals surface area contributed by atoms with E-state index in [4.69, 9.17) is 0 Å². The number of alkyl halides is 3. The largest absolute Gasteiger partial charge is 0.416 e. The summed E-state index contributed by atoms with van der Waals surface area (Å²) < 4.78 is 45.0. The summed E-state index contributed by atoms with van der Waals surface area (Å²) in [7, 11) is 0. The predicted octanol–water partition coefficient (Wildman–Crippen LogP) is 5.80. The number of benzene rings is 2. The summed E-state index contributed by atoms with van der Waals surface area (Å²) in [5.74, 6) is -0.524. The van der Waals surface area contributed by atoms with Crippen molar-refractivity contribution in [2.75, 3.05) is 25.0 Å². The molecule has 5 aromatic rings. The van der Waals surface area contributed by atoms with Crippen molar-refractivity contribution < 1.29 is 18.0 Å². The smallest absolute Gasteiger partial charge is 0.322 e. The third-order valence-electron chi connectivity index (χ3n) is 7.41. The van der Waals surface area contributed by atoms with Gasteiger partial charge in [-0.2, -0.15) is 13.2 Å². The molecule has 4 heterocycles. The molecule has 210 valence electrons. The lowest BCUT2D eigenvalue weighted by Crippen LogP contribution is -2.22. The van der Waals surface area contributed by atoms with Gasteiger partial charge in [0.05, 0.1) is 35.7 Å². The minimum Gasteiger partial charge on any atom is -0.322 e. The third kappa shape index (κ3) is 5.71. The highest BCUT2D eigenvalue weighted by Crippen LogP contribution is 2.33. The van der Waals surface area contributed by atoms with E-state index in [-0.39, 0.29) is 11.4 Å². The van der Waals surface area contributed by atoms with Gasteiger partial charge < -0.3 is 14.8 Å². The Morgan fingerprint density at radius 3 is 2.68 bits per heavy atom. The lowest BCUT2D eigenvalue weighted by Gasteiger charge is -2.14. The number of amides is 1. The molecular weight excluding hydrogens is 531 g/mol. The van der Waals surface area contributed by atoms with Crippen molar-refractivity contribution in [3.63, 3.8) is 0 Å². The third-order valence-corrected chi connectivity index (χ3v) is 7.41. The number of rotatable bonds is 7. The van der Waals surface area contributed by atoms with E-state index in [1.807, 2.05) is 11.3 Å². The average Bonchev–Trinajstić information content (AvgIpc) is 3.73. The molecule has 3 aromatic heterocycles. The molecule has 1 amide bonds. The van der Waals surface area contributed by atoms with Gasteiger partial charge >= 0.3 is 6.18 Å². The monoisotopic (exact) mass is 559 g/mol. The molecule has 0 atom stereocenters. The van der Waals surface area contributed by atoms with Crippen molar-refractivity contribution in [2.24, 2.45) is 0 Å². The van der Waals surface area contributed by atoms with Crippen molar-refractivity contribution in [3.05, 3.63) is 96.1 Å². The van der Waals surface area contributed by atoms with E-state index in [0.717, 1.165) is 54.3 Å². The van der Waals surface area contributed by atoms with Gasteiger partial charge in [0.1, 0.15) is 0 Å². The number of carbonyl (C=O) groups excluding carboxylic acids is 1. The summed E-state index contributed by atoms with van der Waals surface area (Å²) in [5.41, 5.74) is 3.68. The Morgan fingerprint density at radius 1 is 1.05 bits per heavy atom. The maximum absolute atomic E-state index is 13.8. The molecule has 0 radical (unpaired) electrons. The number of fused-ring (bicyclic) bond motifs is 1. The Labute approximate surface area is 234 Å². The molecule has 0 spiro atoms. The summed E-state index contributed by atoms with van der Waals surface area (Å²) in [5, 5.41) is 2.67. The van der Waals surface area contributed by atoms with Gasteiger partial charge in [-0.1, -0.05) is 6.07 Å². The Morgan fingerprint density at radius 2 is 1.88 bits per heavy atom. The second-order valence-corrected chi connectivity index (χ2v) is 10.3. The topological polar surface area (TPSA) is 80.3 Å². The number of hydrogen-bond donors (Lipinski definition) is 1. The van der Waals surface area contributed by atoms with Crippen LogP contribution in [-0.4, -0.2) is 54.4 Å². The first-order chi connectivity index (χ1) is 19.7. The van der Waals surface area contributed by atoms with Crippen LogP contribution in [0.15, 0.2) is 73.7 Å². The van der Waals surface area contributed by atoms with E-state index in [1.54, 1.807) is 53.8 Å². The fraction of sp³-hybridized carbons (Fsp3) is 0.267. The molecular formula is C30H28F3N7O. The van der Waals surface area contributed by atoms with Crippen molar-refractivity contribution in [2.45, 2.75) is 32.4 Å². The summed E-state index contributed by atoms with van der Waals surface area (Å²) in [4.78, 5) is 28.5. The van der Waals surface area contributed by atoms with Crippen molar-refractivity contribution in [1.82, 2.24) is 28.8 Å².